The molecule has 0 radical (unpaired) electrons. The van der Waals surface area contributed by atoms with Gasteiger partial charge in [-0.3, -0.25) is 9.59 Å². The van der Waals surface area contributed by atoms with Crippen LogP contribution in [0.5, 0.6) is 0 Å². The van der Waals surface area contributed by atoms with Gasteiger partial charge in [0.25, 0.3) is 0 Å². The van der Waals surface area contributed by atoms with E-state index in [0.29, 0.717) is 29.8 Å². The molecule has 20 heavy (non-hydrogen) atoms. The molecule has 3 saturated carbocycles. The molecule has 3 aliphatic carbocycles. The van der Waals surface area contributed by atoms with Crippen LogP contribution in [0.25, 0.3) is 0 Å². The fourth-order valence-electron chi connectivity index (χ4n) is 3.74. The summed E-state index contributed by atoms with van der Waals surface area (Å²) in [4.78, 5) is 24.3. The van der Waals surface area contributed by atoms with Crippen molar-refractivity contribution in [1.29, 1.82) is 0 Å². The molecule has 3 aliphatic rings. The van der Waals surface area contributed by atoms with E-state index in [9.17, 15) is 9.59 Å². The van der Waals surface area contributed by atoms with Gasteiger partial charge in [0, 0.05) is 23.7 Å². The molecule has 0 unspecified atom stereocenters. The molecule has 0 N–H and O–H groups in total. The second-order valence-corrected chi connectivity index (χ2v) is 7.59. The molecule has 0 spiro atoms. The molecular formula is C17H20O2S. The standard InChI is InChI=1S/C17H20O2S/c1-17(2)12-8-14(17)13(15(18)9-12)10-20-16(19)11-6-4-3-5-7-11/h3-7,12-14H,8-10H2,1-2H3/t12-,13+,14+/m1/s1. The minimum absolute atomic E-state index is 0.0765. The van der Waals surface area contributed by atoms with Crippen molar-refractivity contribution in [3.8, 4) is 0 Å². The van der Waals surface area contributed by atoms with Crippen LogP contribution in [0.3, 0.4) is 0 Å². The number of carbonyl (C=O) groups is 2. The highest BCUT2D eigenvalue weighted by Gasteiger charge is 2.57. The zero-order valence-electron chi connectivity index (χ0n) is 12.0. The number of hydrogen-bond acceptors (Lipinski definition) is 3. The van der Waals surface area contributed by atoms with E-state index < -0.39 is 0 Å². The molecular weight excluding hydrogens is 268 g/mol. The van der Waals surface area contributed by atoms with Gasteiger partial charge in [-0.05, 0) is 23.7 Å². The van der Waals surface area contributed by atoms with Crippen LogP contribution in [0.2, 0.25) is 0 Å². The van der Waals surface area contributed by atoms with Gasteiger partial charge in [0.1, 0.15) is 5.78 Å². The van der Waals surface area contributed by atoms with Gasteiger partial charge < -0.3 is 0 Å². The Morgan fingerprint density at radius 1 is 1.30 bits per heavy atom. The Kier molecular flexibility index (Phi) is 3.49. The average molecular weight is 288 g/mol. The first kappa shape index (κ1) is 13.9. The molecule has 4 rings (SSSR count). The van der Waals surface area contributed by atoms with Gasteiger partial charge in [0.15, 0.2) is 0 Å². The Balaban J connectivity index is 1.63. The predicted octanol–water partition coefficient (Wildman–Crippen LogP) is 3.81. The number of ketones is 1. The van der Waals surface area contributed by atoms with Gasteiger partial charge in [-0.15, -0.1) is 0 Å². The summed E-state index contributed by atoms with van der Waals surface area (Å²) in [6, 6.07) is 9.32. The predicted molar refractivity (Wildman–Crippen MR) is 81.7 cm³/mol. The monoisotopic (exact) mass is 288 g/mol. The molecule has 0 heterocycles. The molecule has 0 amide bonds. The molecule has 0 saturated heterocycles. The van der Waals surface area contributed by atoms with E-state index in [1.165, 1.54) is 18.2 Å². The molecule has 0 aromatic heterocycles. The SMILES string of the molecule is CC1(C)[C@H]2CC(=O)[C@@H](CSC(=O)c3ccccc3)[C@@H]1C2. The van der Waals surface area contributed by atoms with Crippen LogP contribution in [0.1, 0.15) is 37.0 Å². The average Bonchev–Trinajstić information content (AvgIpc) is 2.46. The maximum atomic E-state index is 12.1. The highest BCUT2D eigenvalue weighted by Crippen LogP contribution is 2.60. The topological polar surface area (TPSA) is 34.1 Å². The number of hydrogen-bond donors (Lipinski definition) is 0. The van der Waals surface area contributed by atoms with Gasteiger partial charge in [0.2, 0.25) is 5.12 Å². The summed E-state index contributed by atoms with van der Waals surface area (Å²) >= 11 is 1.31. The van der Waals surface area contributed by atoms with Gasteiger partial charge >= 0.3 is 0 Å². The molecule has 3 atom stereocenters. The molecule has 1 aromatic rings. The lowest BCUT2D eigenvalue weighted by atomic mass is 9.45. The Hall–Kier alpha value is -1.09. The largest absolute Gasteiger partial charge is 0.299 e. The third-order valence-corrected chi connectivity index (χ3v) is 6.32. The first-order valence-corrected chi connectivity index (χ1v) is 8.23. The van der Waals surface area contributed by atoms with Gasteiger partial charge in [0.05, 0.1) is 0 Å². The maximum absolute atomic E-state index is 12.1. The van der Waals surface area contributed by atoms with E-state index in [1.54, 1.807) is 0 Å². The lowest BCUT2D eigenvalue weighted by molar-refractivity contribution is -0.152. The summed E-state index contributed by atoms with van der Waals surface area (Å²) in [5, 5.41) is 0.0812. The third-order valence-electron chi connectivity index (χ3n) is 5.30. The van der Waals surface area contributed by atoms with Crippen molar-refractivity contribution in [2.24, 2.45) is 23.2 Å². The Labute approximate surface area is 124 Å². The van der Waals surface area contributed by atoms with Crippen molar-refractivity contribution in [3.63, 3.8) is 0 Å². The number of carbonyl (C=O) groups excluding carboxylic acids is 2. The lowest BCUT2D eigenvalue weighted by Crippen LogP contribution is -2.56. The van der Waals surface area contributed by atoms with Crippen LogP contribution >= 0.6 is 11.8 Å². The first-order valence-electron chi connectivity index (χ1n) is 7.25. The van der Waals surface area contributed by atoms with Crippen molar-refractivity contribution in [2.75, 3.05) is 5.75 Å². The van der Waals surface area contributed by atoms with E-state index in [-0.39, 0.29) is 16.4 Å². The van der Waals surface area contributed by atoms with E-state index >= 15 is 0 Å². The van der Waals surface area contributed by atoms with Crippen LogP contribution in [-0.4, -0.2) is 16.7 Å². The van der Waals surface area contributed by atoms with Crippen molar-refractivity contribution in [1.82, 2.24) is 0 Å². The van der Waals surface area contributed by atoms with E-state index in [1.807, 2.05) is 30.3 Å². The normalized spacial score (nSPS) is 30.7. The second-order valence-electron chi connectivity index (χ2n) is 6.60. The summed E-state index contributed by atoms with van der Waals surface area (Å²) in [5.41, 5.74) is 1.01. The molecule has 1 aromatic carbocycles. The van der Waals surface area contributed by atoms with Crippen molar-refractivity contribution in [2.45, 2.75) is 26.7 Å². The van der Waals surface area contributed by atoms with Crippen molar-refractivity contribution in [3.05, 3.63) is 35.9 Å². The minimum Gasteiger partial charge on any atom is -0.299 e. The van der Waals surface area contributed by atoms with Crippen LogP contribution < -0.4 is 0 Å². The quantitative estimate of drug-likeness (QED) is 0.848. The first-order chi connectivity index (χ1) is 9.50. The number of rotatable bonds is 3. The summed E-state index contributed by atoms with van der Waals surface area (Å²) in [6.07, 6.45) is 1.89. The Bertz CT molecular complexity index is 535. The molecule has 2 nitrogen and oxygen atoms in total. The zero-order valence-corrected chi connectivity index (χ0v) is 12.8. The van der Waals surface area contributed by atoms with Crippen molar-refractivity contribution < 1.29 is 9.59 Å². The number of benzene rings is 1. The maximum Gasteiger partial charge on any atom is 0.219 e. The highest BCUT2D eigenvalue weighted by atomic mass is 32.2. The van der Waals surface area contributed by atoms with Gasteiger partial charge in [-0.2, -0.15) is 0 Å². The molecule has 3 fully saturated rings. The summed E-state index contributed by atoms with van der Waals surface area (Å²) < 4.78 is 0. The zero-order chi connectivity index (χ0) is 14.3. The fourth-order valence-corrected chi connectivity index (χ4v) is 4.79. The van der Waals surface area contributed by atoms with Crippen LogP contribution in [0, 0.1) is 23.2 Å². The second kappa shape index (κ2) is 5.03. The van der Waals surface area contributed by atoms with E-state index in [4.69, 9.17) is 0 Å². The molecule has 0 aliphatic heterocycles. The third kappa shape index (κ3) is 2.22. The van der Waals surface area contributed by atoms with Gasteiger partial charge in [-0.1, -0.05) is 55.9 Å². The minimum atomic E-state index is 0.0765. The molecule has 106 valence electrons. The number of Topliss-reactive ketones (excluding diaryl/α,β-unsaturated/α-hetero) is 1. The number of thioether (sulfide) groups is 1. The van der Waals surface area contributed by atoms with E-state index in [2.05, 4.69) is 13.8 Å². The summed E-state index contributed by atoms with van der Waals surface area (Å²) in [7, 11) is 0. The van der Waals surface area contributed by atoms with Crippen LogP contribution in [0.4, 0.5) is 0 Å². The molecule has 3 heteroatoms. The van der Waals surface area contributed by atoms with E-state index in [0.717, 1.165) is 5.56 Å². The summed E-state index contributed by atoms with van der Waals surface area (Å²) in [6.45, 7) is 4.55. The smallest absolute Gasteiger partial charge is 0.219 e. The molecule has 2 bridgehead atoms. The Morgan fingerprint density at radius 2 is 2.00 bits per heavy atom. The summed E-state index contributed by atoms with van der Waals surface area (Å²) in [5.74, 6) is 2.15. The lowest BCUT2D eigenvalue weighted by Gasteiger charge is -2.59. The van der Waals surface area contributed by atoms with Crippen molar-refractivity contribution >= 4 is 22.7 Å². The van der Waals surface area contributed by atoms with Gasteiger partial charge in [-0.25, -0.2) is 0 Å². The van der Waals surface area contributed by atoms with Crippen LogP contribution in [0.15, 0.2) is 30.3 Å². The van der Waals surface area contributed by atoms with Crippen LogP contribution in [-0.2, 0) is 4.79 Å². The highest BCUT2D eigenvalue weighted by molar-refractivity contribution is 8.14. The fraction of sp³-hybridized carbons (Fsp3) is 0.529. The Morgan fingerprint density at radius 3 is 2.65 bits per heavy atom. The number of fused-ring (bicyclic) bond motifs is 2.